The maximum absolute atomic E-state index is 4.73. The maximum atomic E-state index is 4.73. The Bertz CT molecular complexity index is 751. The summed E-state index contributed by atoms with van der Waals surface area (Å²) in [6, 6.07) is 20.9. The van der Waals surface area contributed by atoms with E-state index < -0.39 is 0 Å². The third-order valence-electron chi connectivity index (χ3n) is 3.59. The number of rotatable bonds is 4. The molecule has 1 atom stereocenters. The Hall–Kier alpha value is -2.11. The Morgan fingerprint density at radius 2 is 1.67 bits per heavy atom. The molecule has 2 aromatic carbocycles. The van der Waals surface area contributed by atoms with Crippen LogP contribution in [-0.4, -0.2) is 14.3 Å². The normalized spacial score (nSPS) is 11.2. The lowest BCUT2D eigenvalue weighted by Crippen LogP contribution is -1.98. The molecular weight excluding hydrogens is 334 g/mol. The summed E-state index contributed by atoms with van der Waals surface area (Å²) >= 11 is 7.65. The second-order valence-electron chi connectivity index (χ2n) is 5.41. The largest absolute Gasteiger partial charge is 0.385 e. The van der Waals surface area contributed by atoms with Crippen LogP contribution < -0.4 is 5.73 Å². The smallest absolute Gasteiger partial charge is 0.128 e. The summed E-state index contributed by atoms with van der Waals surface area (Å²) in [5, 5.41) is 0. The molecule has 124 valence electrons. The first-order valence-electron chi connectivity index (χ1n) is 7.67. The lowest BCUT2D eigenvalue weighted by atomic mass is 10.0. The number of nitrogens with two attached hydrogens (primary N) is 1. The third-order valence-corrected chi connectivity index (χ3v) is 3.59. The van der Waals surface area contributed by atoms with Crippen molar-refractivity contribution in [3.05, 3.63) is 89.5 Å². The van der Waals surface area contributed by atoms with E-state index in [1.54, 1.807) is 0 Å². The number of nitrogens with zero attached hydrogens (tertiary/aromatic N) is 1. The SMILES string of the molecule is CC(c1ccccc1)c1nc(Cc2ccccc2)c[nH]1.NC(=S)S. The molecule has 24 heavy (non-hydrogen) atoms. The second kappa shape index (κ2) is 9.25. The quantitative estimate of drug-likeness (QED) is 0.483. The molecule has 3 aromatic rings. The first-order chi connectivity index (χ1) is 11.6. The van der Waals surface area contributed by atoms with Crippen molar-refractivity contribution < 1.29 is 0 Å². The van der Waals surface area contributed by atoms with Crippen LogP contribution in [0.5, 0.6) is 0 Å². The zero-order valence-electron chi connectivity index (χ0n) is 13.5. The van der Waals surface area contributed by atoms with Crippen molar-refractivity contribution in [3.63, 3.8) is 0 Å². The zero-order valence-corrected chi connectivity index (χ0v) is 15.2. The summed E-state index contributed by atoms with van der Waals surface area (Å²) < 4.78 is 0.194. The summed E-state index contributed by atoms with van der Waals surface area (Å²) in [5.74, 6) is 1.32. The summed E-state index contributed by atoms with van der Waals surface area (Å²) in [6.45, 7) is 2.18. The van der Waals surface area contributed by atoms with Gasteiger partial charge in [0, 0.05) is 18.5 Å². The van der Waals surface area contributed by atoms with Gasteiger partial charge in [-0.1, -0.05) is 79.8 Å². The first-order valence-corrected chi connectivity index (χ1v) is 8.53. The van der Waals surface area contributed by atoms with E-state index in [-0.39, 0.29) is 4.32 Å². The van der Waals surface area contributed by atoms with Gasteiger partial charge in [0.15, 0.2) is 0 Å². The van der Waals surface area contributed by atoms with Crippen molar-refractivity contribution in [2.24, 2.45) is 5.73 Å². The number of hydrogen-bond acceptors (Lipinski definition) is 2. The minimum absolute atomic E-state index is 0.194. The molecule has 0 saturated carbocycles. The molecule has 0 aliphatic carbocycles. The van der Waals surface area contributed by atoms with Gasteiger partial charge in [-0.05, 0) is 11.1 Å². The summed E-state index contributed by atoms with van der Waals surface area (Å²) in [7, 11) is 0. The molecule has 0 bridgehead atoms. The van der Waals surface area contributed by atoms with E-state index in [4.69, 9.17) is 10.7 Å². The van der Waals surface area contributed by atoms with Crippen molar-refractivity contribution in [2.45, 2.75) is 19.3 Å². The van der Waals surface area contributed by atoms with Crippen LogP contribution in [0.2, 0.25) is 0 Å². The van der Waals surface area contributed by atoms with Gasteiger partial charge in [0.05, 0.1) is 5.69 Å². The Morgan fingerprint density at radius 1 is 1.12 bits per heavy atom. The second-order valence-corrected chi connectivity index (χ2v) is 6.63. The first kappa shape index (κ1) is 18.2. The molecule has 1 heterocycles. The molecule has 0 fully saturated rings. The summed E-state index contributed by atoms with van der Waals surface area (Å²) in [4.78, 5) is 8.04. The van der Waals surface area contributed by atoms with Crippen LogP contribution in [0.4, 0.5) is 0 Å². The van der Waals surface area contributed by atoms with Crippen molar-refractivity contribution in [2.75, 3.05) is 0 Å². The van der Waals surface area contributed by atoms with E-state index >= 15 is 0 Å². The fourth-order valence-electron chi connectivity index (χ4n) is 2.39. The average Bonchev–Trinajstić information content (AvgIpc) is 3.04. The Kier molecular flexibility index (Phi) is 7.03. The van der Waals surface area contributed by atoms with Crippen LogP contribution >= 0.6 is 24.8 Å². The monoisotopic (exact) mass is 355 g/mol. The summed E-state index contributed by atoms with van der Waals surface area (Å²) in [5.41, 5.74) is 8.37. The van der Waals surface area contributed by atoms with Gasteiger partial charge in [-0.15, -0.1) is 12.6 Å². The van der Waals surface area contributed by atoms with Crippen LogP contribution in [-0.2, 0) is 6.42 Å². The number of nitrogens with one attached hydrogen (secondary N) is 1. The molecule has 0 radical (unpaired) electrons. The highest BCUT2D eigenvalue weighted by molar-refractivity contribution is 8.10. The lowest BCUT2D eigenvalue weighted by Gasteiger charge is -2.08. The summed E-state index contributed by atoms with van der Waals surface area (Å²) in [6.07, 6.45) is 2.89. The predicted octanol–water partition coefficient (Wildman–Crippen LogP) is 4.31. The number of thiocarbonyl (C=S) groups is 1. The molecule has 0 saturated heterocycles. The minimum Gasteiger partial charge on any atom is -0.385 e. The van der Waals surface area contributed by atoms with E-state index in [0.29, 0.717) is 5.92 Å². The van der Waals surface area contributed by atoms with E-state index in [1.807, 2.05) is 18.3 Å². The fourth-order valence-corrected chi connectivity index (χ4v) is 2.39. The van der Waals surface area contributed by atoms with E-state index in [0.717, 1.165) is 17.9 Å². The van der Waals surface area contributed by atoms with Crippen LogP contribution in [0.1, 0.15) is 35.5 Å². The molecule has 0 aliphatic heterocycles. The number of aromatic amines is 1. The van der Waals surface area contributed by atoms with Crippen LogP contribution in [0, 0.1) is 0 Å². The van der Waals surface area contributed by atoms with Crippen LogP contribution in [0.25, 0.3) is 0 Å². The van der Waals surface area contributed by atoms with Crippen molar-refractivity contribution in [1.29, 1.82) is 0 Å². The highest BCUT2D eigenvalue weighted by Crippen LogP contribution is 2.21. The van der Waals surface area contributed by atoms with Gasteiger partial charge in [0.2, 0.25) is 0 Å². The van der Waals surface area contributed by atoms with Gasteiger partial charge in [-0.25, -0.2) is 4.98 Å². The highest BCUT2D eigenvalue weighted by Gasteiger charge is 2.12. The molecule has 3 nitrogen and oxygen atoms in total. The number of H-pyrrole nitrogens is 1. The van der Waals surface area contributed by atoms with Gasteiger partial charge in [0.1, 0.15) is 10.1 Å². The number of aromatic nitrogens is 2. The predicted molar refractivity (Wildman–Crippen MR) is 108 cm³/mol. The number of hydrogen-bond donors (Lipinski definition) is 3. The van der Waals surface area contributed by atoms with Crippen LogP contribution in [0.15, 0.2) is 66.9 Å². The Labute approximate surface area is 153 Å². The Morgan fingerprint density at radius 3 is 2.25 bits per heavy atom. The molecule has 1 aromatic heterocycles. The average molecular weight is 356 g/mol. The highest BCUT2D eigenvalue weighted by atomic mass is 32.1. The lowest BCUT2D eigenvalue weighted by molar-refractivity contribution is 0.834. The third kappa shape index (κ3) is 5.83. The van der Waals surface area contributed by atoms with Gasteiger partial charge in [-0.2, -0.15) is 0 Å². The standard InChI is InChI=1S/C18H18N2.CH3NS2/c1-14(16-10-6-3-7-11-16)18-19-13-17(20-18)12-15-8-4-2-5-9-15;2-1(3)4/h2-11,13-14H,12H2,1H3,(H,19,20);(H3,2,3,4). The Balaban J connectivity index is 0.000000471. The van der Waals surface area contributed by atoms with Crippen molar-refractivity contribution in [3.8, 4) is 0 Å². The van der Waals surface area contributed by atoms with Crippen molar-refractivity contribution >= 4 is 29.2 Å². The molecule has 3 rings (SSSR count). The molecular formula is C19H21N3S2. The molecule has 0 aliphatic rings. The molecule has 5 heteroatoms. The van der Waals surface area contributed by atoms with Crippen molar-refractivity contribution in [1.82, 2.24) is 9.97 Å². The molecule has 3 N–H and O–H groups in total. The van der Waals surface area contributed by atoms with E-state index in [2.05, 4.69) is 85.3 Å². The fraction of sp³-hybridized carbons (Fsp3) is 0.158. The van der Waals surface area contributed by atoms with E-state index in [1.165, 1.54) is 11.1 Å². The van der Waals surface area contributed by atoms with E-state index in [9.17, 15) is 0 Å². The number of imidazole rings is 1. The van der Waals surface area contributed by atoms with Gasteiger partial charge in [0.25, 0.3) is 0 Å². The van der Waals surface area contributed by atoms with Gasteiger partial charge >= 0.3 is 0 Å². The number of benzene rings is 2. The topological polar surface area (TPSA) is 54.7 Å². The minimum atomic E-state index is 0.194. The molecule has 0 spiro atoms. The number of thiol groups is 1. The molecule has 1 unspecified atom stereocenters. The van der Waals surface area contributed by atoms with Crippen LogP contribution in [0.3, 0.4) is 0 Å². The molecule has 0 amide bonds. The van der Waals surface area contributed by atoms with Gasteiger partial charge in [-0.3, -0.25) is 0 Å². The maximum Gasteiger partial charge on any atom is 0.128 e. The van der Waals surface area contributed by atoms with Gasteiger partial charge < -0.3 is 10.7 Å². The zero-order chi connectivity index (χ0) is 17.4.